The Morgan fingerprint density at radius 3 is 0.852 bits per heavy atom. The smallest absolute Gasteiger partial charge is 0.129 e. The summed E-state index contributed by atoms with van der Waals surface area (Å²) in [4.78, 5) is 43.4. The molecule has 0 amide bonds. The zero-order valence-corrected chi connectivity index (χ0v) is 51.9. The fourth-order valence-corrected chi connectivity index (χ4v) is 12.9. The molecule has 4 aliphatic carbocycles. The summed E-state index contributed by atoms with van der Waals surface area (Å²) in [5, 5.41) is 40.8. The van der Waals surface area contributed by atoms with Gasteiger partial charge in [-0.1, -0.05) is 38.1 Å². The van der Waals surface area contributed by atoms with Crippen LogP contribution in [0.25, 0.3) is 44.5 Å². The van der Waals surface area contributed by atoms with Crippen LogP contribution in [0.2, 0.25) is 0 Å². The van der Waals surface area contributed by atoms with E-state index in [2.05, 4.69) is 72.8 Å². The molecule has 0 radical (unpaired) electrons. The van der Waals surface area contributed by atoms with Crippen LogP contribution in [-0.4, -0.2) is 50.6 Å². The standard InChI is InChI=1S/C38H40N2O4.C36H36N2O4.C2H6/c1-25(41)9-5-3-7-19-43-29-13-17-31-27(21-29)11-15-33-35(23-39)36(24-40)34-16-12-28-22-30(14-18-32(28)38(34)37(31)33)44-20-8-4-6-10-26(2)42;37-23-33-31-13-9-25-21-27(41-19-7-3-1-5-17-39)11-15-29(25)35(31)36-30-16-12-28(42-20-8-4-2-6-18-40)22-26(30)10-14-32(36)34(33)24-38;1-2/h13-14,17-18,21-22H,3-12,15-16,19-20H2,1-2H3;11-12,15-18,21-22H,1-10,13-14,19-20H2;1-2H3. The number of nitrogens with zero attached hydrogens (tertiary/aromatic N) is 4. The highest BCUT2D eigenvalue weighted by molar-refractivity contribution is 5.97. The molecule has 12 heteroatoms. The number of benzene rings is 6. The minimum atomic E-state index is 0.231. The molecule has 6 aromatic rings. The number of aryl methyl sites for hydroxylation is 4. The maximum atomic E-state index is 11.2. The van der Waals surface area contributed by atoms with Crippen LogP contribution in [0.5, 0.6) is 23.0 Å². The number of nitriles is 4. The zero-order chi connectivity index (χ0) is 62.4. The van der Waals surface area contributed by atoms with Gasteiger partial charge in [-0.2, -0.15) is 21.0 Å². The topological polar surface area (TPSA) is 200 Å². The summed E-state index contributed by atoms with van der Waals surface area (Å²) in [5.74, 6) is 3.81. The normalized spacial score (nSPS) is 12.3. The summed E-state index contributed by atoms with van der Waals surface area (Å²) in [6.45, 7) is 9.72. The Hall–Kier alpha value is -8.84. The maximum absolute atomic E-state index is 11.2. The first-order valence-corrected chi connectivity index (χ1v) is 32.0. The van der Waals surface area contributed by atoms with Crippen molar-refractivity contribution in [3.05, 3.63) is 140 Å². The number of aldehydes is 2. The molecule has 0 N–H and O–H groups in total. The Kier molecular flexibility index (Phi) is 24.3. The molecule has 0 fully saturated rings. The predicted molar refractivity (Wildman–Crippen MR) is 344 cm³/mol. The quantitative estimate of drug-likeness (QED) is 0.0333. The Morgan fingerprint density at radius 2 is 0.625 bits per heavy atom. The minimum absolute atomic E-state index is 0.231. The van der Waals surface area contributed by atoms with Gasteiger partial charge in [0.2, 0.25) is 0 Å². The first-order valence-electron chi connectivity index (χ1n) is 32.0. The molecule has 0 saturated carbocycles. The van der Waals surface area contributed by atoms with Gasteiger partial charge in [0.1, 0.15) is 71.4 Å². The van der Waals surface area contributed by atoms with Crippen LogP contribution < -0.4 is 18.9 Å². The molecular weight excluding hydrogens is 1100 g/mol. The van der Waals surface area contributed by atoms with E-state index in [0.717, 1.165) is 205 Å². The second-order valence-corrected chi connectivity index (χ2v) is 23.1. The zero-order valence-electron chi connectivity index (χ0n) is 51.9. The maximum Gasteiger partial charge on any atom is 0.129 e. The first-order chi connectivity index (χ1) is 43.1. The molecule has 0 bridgehead atoms. The van der Waals surface area contributed by atoms with Gasteiger partial charge in [-0.05, 0) is 280 Å². The highest BCUT2D eigenvalue weighted by atomic mass is 16.5. The molecular formula is C76H82N4O8. The summed E-state index contributed by atoms with van der Waals surface area (Å²) >= 11 is 0. The van der Waals surface area contributed by atoms with Crippen molar-refractivity contribution in [3.8, 4) is 91.8 Å². The molecule has 0 aromatic heterocycles. The van der Waals surface area contributed by atoms with Crippen molar-refractivity contribution < 1.29 is 38.1 Å². The van der Waals surface area contributed by atoms with E-state index in [1.54, 1.807) is 13.8 Å². The van der Waals surface area contributed by atoms with Crippen molar-refractivity contribution in [1.82, 2.24) is 0 Å². The molecule has 0 heterocycles. The molecule has 0 unspecified atom stereocenters. The molecule has 454 valence electrons. The molecule has 4 aliphatic rings. The van der Waals surface area contributed by atoms with E-state index in [-0.39, 0.29) is 11.6 Å². The molecule has 0 aliphatic heterocycles. The summed E-state index contributed by atoms with van der Waals surface area (Å²) in [6.07, 6.45) is 21.4. The number of fused-ring (bicyclic) bond motifs is 14. The van der Waals surface area contributed by atoms with Crippen LogP contribution in [0.1, 0.15) is 197 Å². The van der Waals surface area contributed by atoms with E-state index < -0.39 is 0 Å². The average Bonchev–Trinajstić information content (AvgIpc) is 0.957. The van der Waals surface area contributed by atoms with Crippen molar-refractivity contribution in [2.75, 3.05) is 26.4 Å². The third-order valence-electron chi connectivity index (χ3n) is 17.2. The van der Waals surface area contributed by atoms with Gasteiger partial charge in [0.15, 0.2) is 0 Å². The number of Topliss-reactive ketones (excluding diaryl/α,β-unsaturated/α-hetero) is 2. The molecule has 10 rings (SSSR count). The van der Waals surface area contributed by atoms with Crippen LogP contribution in [-0.2, 0) is 70.5 Å². The molecule has 0 saturated heterocycles. The largest absolute Gasteiger partial charge is 0.494 e. The molecule has 6 aromatic carbocycles. The van der Waals surface area contributed by atoms with Gasteiger partial charge in [0.05, 0.1) is 48.7 Å². The molecule has 0 spiro atoms. The predicted octanol–water partition coefficient (Wildman–Crippen LogP) is 16.3. The minimum Gasteiger partial charge on any atom is -0.494 e. The summed E-state index contributed by atoms with van der Waals surface area (Å²) in [5.41, 5.74) is 19.4. The number of ether oxygens (including phenoxy) is 4. The number of ketones is 2. The van der Waals surface area contributed by atoms with Gasteiger partial charge >= 0.3 is 0 Å². The third kappa shape index (κ3) is 15.6. The lowest BCUT2D eigenvalue weighted by Crippen LogP contribution is -2.16. The van der Waals surface area contributed by atoms with Gasteiger partial charge in [-0.15, -0.1) is 0 Å². The van der Waals surface area contributed by atoms with E-state index in [4.69, 9.17) is 18.9 Å². The van der Waals surface area contributed by atoms with Crippen molar-refractivity contribution in [2.45, 2.75) is 182 Å². The second kappa shape index (κ2) is 32.8. The average molecular weight is 1180 g/mol. The number of rotatable bonds is 28. The van der Waals surface area contributed by atoms with E-state index in [1.165, 1.54) is 22.3 Å². The van der Waals surface area contributed by atoms with Crippen LogP contribution in [0.15, 0.2) is 72.8 Å². The van der Waals surface area contributed by atoms with Crippen LogP contribution in [0.4, 0.5) is 0 Å². The lowest BCUT2D eigenvalue weighted by molar-refractivity contribution is -0.118. The number of hydrogen-bond acceptors (Lipinski definition) is 12. The van der Waals surface area contributed by atoms with E-state index in [9.17, 15) is 40.2 Å². The number of unbranched alkanes of at least 4 members (excludes halogenated alkanes) is 10. The van der Waals surface area contributed by atoms with E-state index in [0.29, 0.717) is 100 Å². The Morgan fingerprint density at radius 1 is 0.375 bits per heavy atom. The Balaban J connectivity index is 0.000000222. The number of carbonyl (C=O) groups excluding carboxylic acids is 4. The summed E-state index contributed by atoms with van der Waals surface area (Å²) < 4.78 is 24.3. The van der Waals surface area contributed by atoms with Gasteiger partial charge in [0.25, 0.3) is 0 Å². The second-order valence-electron chi connectivity index (χ2n) is 23.1. The third-order valence-corrected chi connectivity index (χ3v) is 17.2. The van der Waals surface area contributed by atoms with Gasteiger partial charge in [-0.3, -0.25) is 0 Å². The van der Waals surface area contributed by atoms with E-state index in [1.807, 2.05) is 38.1 Å². The van der Waals surface area contributed by atoms with Gasteiger partial charge in [0, 0.05) is 25.7 Å². The van der Waals surface area contributed by atoms with Gasteiger partial charge < -0.3 is 38.1 Å². The Bertz CT molecular complexity index is 3460. The van der Waals surface area contributed by atoms with Crippen LogP contribution >= 0.6 is 0 Å². The van der Waals surface area contributed by atoms with Crippen LogP contribution in [0.3, 0.4) is 0 Å². The van der Waals surface area contributed by atoms with Crippen LogP contribution in [0, 0.1) is 45.3 Å². The van der Waals surface area contributed by atoms with Crippen molar-refractivity contribution in [1.29, 1.82) is 21.0 Å². The lowest BCUT2D eigenvalue weighted by Gasteiger charge is -2.31. The summed E-state index contributed by atoms with van der Waals surface area (Å²) in [6, 6.07) is 34.5. The molecule has 0 atom stereocenters. The highest BCUT2D eigenvalue weighted by Gasteiger charge is 2.34. The first kappa shape index (κ1) is 65.1. The summed E-state index contributed by atoms with van der Waals surface area (Å²) in [7, 11) is 0. The van der Waals surface area contributed by atoms with Crippen molar-refractivity contribution >= 4 is 24.1 Å². The fourth-order valence-electron chi connectivity index (χ4n) is 12.9. The molecule has 88 heavy (non-hydrogen) atoms. The van der Waals surface area contributed by atoms with Crippen molar-refractivity contribution in [3.63, 3.8) is 0 Å². The monoisotopic (exact) mass is 1180 g/mol. The fraction of sp³-hybridized carbons (Fsp3) is 0.421. The number of hydrogen-bond donors (Lipinski definition) is 0. The molecule has 12 nitrogen and oxygen atoms in total. The van der Waals surface area contributed by atoms with E-state index >= 15 is 0 Å². The van der Waals surface area contributed by atoms with Crippen molar-refractivity contribution in [2.24, 2.45) is 0 Å². The van der Waals surface area contributed by atoms with Gasteiger partial charge in [-0.25, -0.2) is 0 Å². The Labute approximate surface area is 520 Å². The SMILES string of the molecule is CC.CC(=O)CCCCCOc1ccc2c(c1)CCc1c(C#N)c(C#N)c3c(c1-2)-c1ccc(OCCCCCC(C)=O)cc1CC3.N#Cc1c(C#N)c2c(c3c1CCc1cc(OCCCCCC=O)ccc1-3)-c1ccc(OCCCCCC=O)cc1CC2. The highest BCUT2D eigenvalue weighted by Crippen LogP contribution is 2.51. The lowest BCUT2D eigenvalue weighted by atomic mass is 9.72. The number of carbonyl (C=O) groups is 4.